The number of carbonyl (C=O) groups is 3. The second-order valence-corrected chi connectivity index (χ2v) is 14.7. The number of aromatic nitrogens is 6. The summed E-state index contributed by atoms with van der Waals surface area (Å²) >= 11 is 0. The first-order valence-corrected chi connectivity index (χ1v) is 19.3. The molecule has 300 valence electrons. The number of aryl methyl sites for hydroxylation is 1. The molecule has 57 heavy (non-hydrogen) atoms. The van der Waals surface area contributed by atoms with Crippen molar-refractivity contribution in [1.29, 1.82) is 0 Å². The number of benzene rings is 2. The molecule has 7 rings (SSSR count). The summed E-state index contributed by atoms with van der Waals surface area (Å²) in [7, 11) is 5.01. The third-order valence-corrected chi connectivity index (χ3v) is 10.9. The van der Waals surface area contributed by atoms with Crippen molar-refractivity contribution < 1.29 is 29.0 Å². The third-order valence-electron chi connectivity index (χ3n) is 10.9. The van der Waals surface area contributed by atoms with Crippen molar-refractivity contribution in [3.05, 3.63) is 90.8 Å². The van der Waals surface area contributed by atoms with Gasteiger partial charge in [-0.2, -0.15) is 0 Å². The van der Waals surface area contributed by atoms with E-state index in [1.807, 2.05) is 37.2 Å². The van der Waals surface area contributed by atoms with Gasteiger partial charge in [0.2, 0.25) is 11.8 Å². The van der Waals surface area contributed by atoms with Crippen LogP contribution in [0.4, 0.5) is 4.79 Å². The number of H-pyrrole nitrogens is 2. The van der Waals surface area contributed by atoms with Gasteiger partial charge in [0.05, 0.1) is 60.7 Å². The molecule has 0 saturated carbocycles. The van der Waals surface area contributed by atoms with E-state index in [9.17, 15) is 19.5 Å². The number of aromatic amines is 2. The van der Waals surface area contributed by atoms with Gasteiger partial charge in [0.15, 0.2) is 0 Å². The fourth-order valence-corrected chi connectivity index (χ4v) is 7.89. The molecule has 2 fully saturated rings. The van der Waals surface area contributed by atoms with Crippen LogP contribution < -0.4 is 10.6 Å². The van der Waals surface area contributed by atoms with E-state index in [2.05, 4.69) is 67.0 Å². The number of nitrogens with one attached hydrogen (secondary N) is 4. The Hall–Kier alpha value is -5.84. The zero-order valence-corrected chi connectivity index (χ0v) is 32.6. The van der Waals surface area contributed by atoms with E-state index in [0.29, 0.717) is 24.6 Å². The predicted molar refractivity (Wildman–Crippen MR) is 212 cm³/mol. The Morgan fingerprint density at radius 3 is 1.82 bits per heavy atom. The largest absolute Gasteiger partial charge is 0.465 e. The zero-order valence-electron chi connectivity index (χ0n) is 32.6. The Balaban J connectivity index is 0.996. The van der Waals surface area contributed by atoms with Gasteiger partial charge in [0.1, 0.15) is 23.7 Å². The van der Waals surface area contributed by atoms with Crippen LogP contribution in [0.25, 0.3) is 33.6 Å². The van der Waals surface area contributed by atoms with Gasteiger partial charge in [0.25, 0.3) is 0 Å². The van der Waals surface area contributed by atoms with Crippen LogP contribution >= 0.6 is 0 Å². The van der Waals surface area contributed by atoms with Gasteiger partial charge < -0.3 is 44.2 Å². The number of nitrogens with zero attached hydrogens (tertiary/aromatic N) is 6. The molecule has 3 aromatic heterocycles. The molecular formula is C41H50N10O6. The Labute approximate surface area is 331 Å². The molecule has 2 aliphatic heterocycles. The molecule has 5 aromatic rings. The number of carboxylic acid groups (broad SMARTS) is 1. The maximum atomic E-state index is 13.7. The maximum Gasteiger partial charge on any atom is 0.405 e. The molecule has 1 unspecified atom stereocenters. The van der Waals surface area contributed by atoms with Crippen molar-refractivity contribution in [3.63, 3.8) is 0 Å². The van der Waals surface area contributed by atoms with Crippen LogP contribution in [-0.2, 0) is 32.5 Å². The van der Waals surface area contributed by atoms with Gasteiger partial charge in [-0.05, 0) is 54.9 Å². The summed E-state index contributed by atoms with van der Waals surface area (Å²) in [6.07, 6.45) is 8.80. The molecule has 16 heteroatoms. The first-order valence-electron chi connectivity index (χ1n) is 19.3. The lowest BCUT2D eigenvalue weighted by atomic mass is 10.0. The van der Waals surface area contributed by atoms with Crippen molar-refractivity contribution in [3.8, 4) is 33.6 Å². The second kappa shape index (κ2) is 17.5. The highest BCUT2D eigenvalue weighted by molar-refractivity contribution is 5.86. The summed E-state index contributed by atoms with van der Waals surface area (Å²) in [6, 6.07) is 14.5. The topological polar surface area (TPSA) is 196 Å². The van der Waals surface area contributed by atoms with E-state index in [1.165, 1.54) is 0 Å². The smallest absolute Gasteiger partial charge is 0.405 e. The van der Waals surface area contributed by atoms with Crippen molar-refractivity contribution in [2.24, 2.45) is 7.05 Å². The van der Waals surface area contributed by atoms with Gasteiger partial charge in [-0.1, -0.05) is 48.5 Å². The minimum absolute atomic E-state index is 0.0316. The maximum absolute atomic E-state index is 13.7. The lowest BCUT2D eigenvalue weighted by Crippen LogP contribution is -2.52. The number of carbonyl (C=O) groups excluding carboxylic acids is 2. The lowest BCUT2D eigenvalue weighted by molar-refractivity contribution is -0.138. The highest BCUT2D eigenvalue weighted by Gasteiger charge is 2.38. The Morgan fingerprint density at radius 2 is 1.35 bits per heavy atom. The molecule has 5 N–H and O–H groups in total. The molecule has 2 aromatic carbocycles. The van der Waals surface area contributed by atoms with Gasteiger partial charge >= 0.3 is 6.09 Å². The molecule has 16 nitrogen and oxygen atoms in total. The minimum atomic E-state index is -1.26. The predicted octanol–water partition coefficient (Wildman–Crippen LogP) is 4.67. The normalized spacial score (nSPS) is 18.5. The number of amides is 3. The molecule has 0 radical (unpaired) electrons. The molecule has 2 aliphatic rings. The molecule has 0 bridgehead atoms. The van der Waals surface area contributed by atoms with Crippen molar-refractivity contribution >= 4 is 17.9 Å². The van der Waals surface area contributed by atoms with E-state index in [4.69, 9.17) is 14.5 Å². The highest BCUT2D eigenvalue weighted by Crippen LogP contribution is 2.35. The van der Waals surface area contributed by atoms with Crippen molar-refractivity contribution in [1.82, 2.24) is 49.9 Å². The van der Waals surface area contributed by atoms with E-state index >= 15 is 0 Å². The van der Waals surface area contributed by atoms with Crippen LogP contribution in [0.2, 0.25) is 0 Å². The van der Waals surface area contributed by atoms with E-state index in [0.717, 1.165) is 65.1 Å². The Bertz CT molecular complexity index is 2140. The fraction of sp³-hybridized carbons (Fsp3) is 0.415. The third kappa shape index (κ3) is 8.77. The fourth-order valence-electron chi connectivity index (χ4n) is 7.89. The standard InChI is InChI=1S/C41H50N10O6/c1-25(57-4)36(45-24-56-3)40(53)51-18-6-8-35(51)38-43-21-33(47-38)29-15-11-27(12-16-29)26-9-13-28(14-10-26)32-20-42-37(46-32)34-7-5-17-50(34)39(52)31(48-41(54)55)19-30-22-49(2)23-44-30/h9-16,20-23,25,31,34-36,45,48H,5-8,17-19,24H2,1-4H3,(H,42,46)(H,43,47)(H,54,55)/t25-,31+,34+,35?,36+/m1/s1. The number of hydrogen-bond donors (Lipinski definition) is 5. The van der Waals surface area contributed by atoms with Gasteiger partial charge in [0, 0.05) is 47.0 Å². The summed E-state index contributed by atoms with van der Waals surface area (Å²) in [5.41, 5.74) is 6.39. The first-order chi connectivity index (χ1) is 27.6. The minimum Gasteiger partial charge on any atom is -0.465 e. The SMILES string of the molecule is COCN[C@H](C(=O)N1CCCC1c1ncc(-c2ccc(-c3ccc(-c4cnc([C@@H]5CCCN5C(=O)[C@H](Cc5cn(C)cn5)NC(=O)O)[nH]4)cc3)cc2)[nH]1)[C@@H](C)OC. The molecule has 0 spiro atoms. The van der Waals surface area contributed by atoms with E-state index < -0.39 is 18.2 Å². The van der Waals surface area contributed by atoms with Crippen LogP contribution in [0.3, 0.4) is 0 Å². The first kappa shape index (κ1) is 39.4. The van der Waals surface area contributed by atoms with Crippen LogP contribution in [0, 0.1) is 0 Å². The number of methoxy groups -OCH3 is 2. The molecule has 0 aliphatic carbocycles. The second-order valence-electron chi connectivity index (χ2n) is 14.7. The van der Waals surface area contributed by atoms with Crippen molar-refractivity contribution in [2.75, 3.05) is 34.0 Å². The van der Waals surface area contributed by atoms with Crippen LogP contribution in [0.1, 0.15) is 62.0 Å². The van der Waals surface area contributed by atoms with Crippen molar-refractivity contribution in [2.45, 2.75) is 69.3 Å². The average molecular weight is 779 g/mol. The Morgan fingerprint density at radius 1 is 0.825 bits per heavy atom. The van der Waals surface area contributed by atoms with E-state index in [1.54, 1.807) is 42.4 Å². The molecular weight excluding hydrogens is 729 g/mol. The summed E-state index contributed by atoms with van der Waals surface area (Å²) < 4.78 is 12.4. The monoisotopic (exact) mass is 778 g/mol. The summed E-state index contributed by atoms with van der Waals surface area (Å²) in [4.78, 5) is 63.1. The van der Waals surface area contributed by atoms with Gasteiger partial charge in [-0.15, -0.1) is 0 Å². The zero-order chi connectivity index (χ0) is 40.1. The number of imidazole rings is 3. The van der Waals surface area contributed by atoms with E-state index in [-0.39, 0.29) is 43.2 Å². The van der Waals surface area contributed by atoms with Gasteiger partial charge in [-0.3, -0.25) is 14.9 Å². The van der Waals surface area contributed by atoms with Gasteiger partial charge in [-0.25, -0.2) is 19.7 Å². The van der Waals surface area contributed by atoms with Crippen LogP contribution in [0.5, 0.6) is 0 Å². The average Bonchev–Trinajstić information content (AvgIpc) is 4.07. The number of rotatable bonds is 15. The Kier molecular flexibility index (Phi) is 12.1. The molecule has 5 atom stereocenters. The number of hydrogen-bond acceptors (Lipinski definition) is 9. The molecule has 2 saturated heterocycles. The molecule has 5 heterocycles. The summed E-state index contributed by atoms with van der Waals surface area (Å²) in [6.45, 7) is 3.28. The molecule has 3 amide bonds. The number of ether oxygens (including phenoxy) is 2. The lowest BCUT2D eigenvalue weighted by Gasteiger charge is -2.30. The van der Waals surface area contributed by atoms with Crippen LogP contribution in [0.15, 0.2) is 73.4 Å². The van der Waals surface area contributed by atoms with Crippen LogP contribution in [-0.4, -0.2) is 115 Å². The summed E-state index contributed by atoms with van der Waals surface area (Å²) in [5, 5.41) is 15.0. The quantitative estimate of drug-likeness (QED) is 0.0933. The summed E-state index contributed by atoms with van der Waals surface area (Å²) in [5.74, 6) is 1.11. The number of likely N-dealkylation sites (tertiary alicyclic amines) is 2. The highest BCUT2D eigenvalue weighted by atomic mass is 16.5.